The summed E-state index contributed by atoms with van der Waals surface area (Å²) in [4.78, 5) is 36.4. The Hall–Kier alpha value is -2.48. The van der Waals surface area contributed by atoms with Crippen molar-refractivity contribution >= 4 is 23.3 Å². The third-order valence-electron chi connectivity index (χ3n) is 4.07. The van der Waals surface area contributed by atoms with Gasteiger partial charge in [0, 0.05) is 17.8 Å². The topological polar surface area (TPSA) is 102 Å². The van der Waals surface area contributed by atoms with E-state index in [9.17, 15) is 19.7 Å². The van der Waals surface area contributed by atoms with Crippen molar-refractivity contribution in [1.82, 2.24) is 4.90 Å². The number of non-ortho nitro benzene ring substituents is 1. The smallest absolute Gasteiger partial charge is 0.307 e. The zero-order chi connectivity index (χ0) is 17.5. The van der Waals surface area contributed by atoms with E-state index in [1.165, 1.54) is 31.4 Å². The zero-order valence-corrected chi connectivity index (χ0v) is 13.6. The SMILES string of the molecule is COC(=O)C[C@H](C(=O)Nc1ccc([N+](=O)[O-])cc1)N1CCCCC1. The van der Waals surface area contributed by atoms with E-state index in [1.54, 1.807) is 0 Å². The minimum absolute atomic E-state index is 0.0185. The molecule has 1 aliphatic rings. The summed E-state index contributed by atoms with van der Waals surface area (Å²) in [7, 11) is 1.30. The van der Waals surface area contributed by atoms with Crippen LogP contribution in [0.1, 0.15) is 25.7 Å². The predicted octanol–water partition coefficient (Wildman–Crippen LogP) is 1.95. The molecule has 0 aliphatic carbocycles. The Labute approximate surface area is 139 Å². The second kappa shape index (κ2) is 8.39. The number of nitrogens with one attached hydrogen (secondary N) is 1. The number of amides is 1. The number of carbonyl (C=O) groups excluding carboxylic acids is 2. The number of benzene rings is 1. The lowest BCUT2D eigenvalue weighted by Gasteiger charge is -2.33. The molecule has 1 atom stereocenters. The number of likely N-dealkylation sites (tertiary alicyclic amines) is 1. The van der Waals surface area contributed by atoms with Crippen LogP contribution in [0.3, 0.4) is 0 Å². The maximum absolute atomic E-state index is 12.6. The molecule has 0 unspecified atom stereocenters. The predicted molar refractivity (Wildman–Crippen MR) is 87.6 cm³/mol. The van der Waals surface area contributed by atoms with Crippen LogP contribution >= 0.6 is 0 Å². The minimum atomic E-state index is -0.604. The molecule has 8 nitrogen and oxygen atoms in total. The molecular weight excluding hydrogens is 314 g/mol. The summed E-state index contributed by atoms with van der Waals surface area (Å²) in [6.45, 7) is 1.52. The highest BCUT2D eigenvalue weighted by atomic mass is 16.6. The number of anilines is 1. The molecular formula is C16H21N3O5. The van der Waals surface area contributed by atoms with E-state index in [1.807, 2.05) is 4.90 Å². The van der Waals surface area contributed by atoms with Gasteiger partial charge in [-0.1, -0.05) is 6.42 Å². The van der Waals surface area contributed by atoms with Gasteiger partial charge in [0.1, 0.15) is 6.04 Å². The van der Waals surface area contributed by atoms with Gasteiger partial charge in [-0.05, 0) is 38.1 Å². The number of piperidine rings is 1. The first-order chi connectivity index (χ1) is 11.5. The quantitative estimate of drug-likeness (QED) is 0.484. The number of rotatable bonds is 6. The lowest BCUT2D eigenvalue weighted by atomic mass is 10.1. The van der Waals surface area contributed by atoms with Crippen molar-refractivity contribution in [1.29, 1.82) is 0 Å². The van der Waals surface area contributed by atoms with Crippen LogP contribution in [0.15, 0.2) is 24.3 Å². The monoisotopic (exact) mass is 335 g/mol. The highest BCUT2D eigenvalue weighted by Crippen LogP contribution is 2.19. The van der Waals surface area contributed by atoms with E-state index in [-0.39, 0.29) is 18.0 Å². The summed E-state index contributed by atoms with van der Waals surface area (Å²) in [6, 6.07) is 4.99. The normalized spacial score (nSPS) is 16.2. The highest BCUT2D eigenvalue weighted by Gasteiger charge is 2.29. The number of methoxy groups -OCH3 is 1. The number of ether oxygens (including phenoxy) is 1. The van der Waals surface area contributed by atoms with E-state index in [0.717, 1.165) is 32.4 Å². The fourth-order valence-electron chi connectivity index (χ4n) is 2.75. The molecule has 1 aromatic rings. The Morgan fingerprint density at radius 2 is 1.88 bits per heavy atom. The maximum atomic E-state index is 12.6. The Morgan fingerprint density at radius 1 is 1.25 bits per heavy atom. The molecule has 0 radical (unpaired) electrons. The van der Waals surface area contributed by atoms with Gasteiger partial charge in [-0.15, -0.1) is 0 Å². The molecule has 1 saturated heterocycles. The molecule has 0 saturated carbocycles. The molecule has 2 rings (SSSR count). The van der Waals surface area contributed by atoms with Crippen molar-refractivity contribution in [3.8, 4) is 0 Å². The average Bonchev–Trinajstić information content (AvgIpc) is 2.60. The summed E-state index contributed by atoms with van der Waals surface area (Å²) in [5.74, 6) is -0.749. The van der Waals surface area contributed by atoms with E-state index in [4.69, 9.17) is 4.74 Å². The molecule has 130 valence electrons. The summed E-state index contributed by atoms with van der Waals surface area (Å²) in [5, 5.41) is 13.4. The number of carbonyl (C=O) groups is 2. The molecule has 24 heavy (non-hydrogen) atoms. The van der Waals surface area contributed by atoms with Crippen LogP contribution < -0.4 is 5.32 Å². The number of nitrogens with zero attached hydrogens (tertiary/aromatic N) is 2. The summed E-state index contributed by atoms with van der Waals surface area (Å²) in [5.41, 5.74) is 0.410. The van der Waals surface area contributed by atoms with Crippen molar-refractivity contribution in [2.24, 2.45) is 0 Å². The van der Waals surface area contributed by atoms with E-state index >= 15 is 0 Å². The Kier molecular flexibility index (Phi) is 6.25. The second-order valence-corrected chi connectivity index (χ2v) is 5.69. The van der Waals surface area contributed by atoms with Gasteiger partial charge in [0.15, 0.2) is 0 Å². The first kappa shape index (κ1) is 17.9. The lowest BCUT2D eigenvalue weighted by molar-refractivity contribution is -0.384. The first-order valence-corrected chi connectivity index (χ1v) is 7.87. The largest absolute Gasteiger partial charge is 0.469 e. The number of nitro benzene ring substituents is 1. The molecule has 8 heteroatoms. The molecule has 1 N–H and O–H groups in total. The van der Waals surface area contributed by atoms with E-state index in [0.29, 0.717) is 5.69 Å². The summed E-state index contributed by atoms with van der Waals surface area (Å²) < 4.78 is 4.69. The number of hydrogen-bond donors (Lipinski definition) is 1. The Morgan fingerprint density at radius 3 is 2.42 bits per heavy atom. The molecule has 0 spiro atoms. The molecule has 1 heterocycles. The molecule has 0 aromatic heterocycles. The molecule has 1 aliphatic heterocycles. The first-order valence-electron chi connectivity index (χ1n) is 7.87. The van der Waals surface area contributed by atoms with Crippen molar-refractivity contribution in [2.75, 3.05) is 25.5 Å². The average molecular weight is 335 g/mol. The van der Waals surface area contributed by atoms with Gasteiger partial charge in [0.2, 0.25) is 5.91 Å². The molecule has 1 aromatic carbocycles. The number of hydrogen-bond acceptors (Lipinski definition) is 6. The third-order valence-corrected chi connectivity index (χ3v) is 4.07. The van der Waals surface area contributed by atoms with Crippen molar-refractivity contribution < 1.29 is 19.2 Å². The van der Waals surface area contributed by atoms with Gasteiger partial charge >= 0.3 is 5.97 Å². The van der Waals surface area contributed by atoms with Crippen LogP contribution in [0.5, 0.6) is 0 Å². The van der Waals surface area contributed by atoms with Crippen LogP contribution in [-0.4, -0.2) is 47.9 Å². The van der Waals surface area contributed by atoms with Gasteiger partial charge in [0.25, 0.3) is 5.69 Å². The van der Waals surface area contributed by atoms with Crippen LogP contribution in [0, 0.1) is 10.1 Å². The van der Waals surface area contributed by atoms with Crippen molar-refractivity contribution in [3.05, 3.63) is 34.4 Å². The summed E-state index contributed by atoms with van der Waals surface area (Å²) in [6.07, 6.45) is 3.08. The third kappa shape index (κ3) is 4.76. The van der Waals surface area contributed by atoms with Gasteiger partial charge in [-0.2, -0.15) is 0 Å². The van der Waals surface area contributed by atoms with Gasteiger partial charge in [0.05, 0.1) is 18.5 Å². The number of nitro groups is 1. The molecule has 0 bridgehead atoms. The fourth-order valence-corrected chi connectivity index (χ4v) is 2.75. The van der Waals surface area contributed by atoms with Crippen molar-refractivity contribution in [2.45, 2.75) is 31.7 Å². The van der Waals surface area contributed by atoms with Crippen LogP contribution in [0.4, 0.5) is 11.4 Å². The van der Waals surface area contributed by atoms with Crippen LogP contribution in [0.25, 0.3) is 0 Å². The second-order valence-electron chi connectivity index (χ2n) is 5.69. The Balaban J connectivity index is 2.08. The highest BCUT2D eigenvalue weighted by molar-refractivity contribution is 5.97. The van der Waals surface area contributed by atoms with E-state index < -0.39 is 16.9 Å². The van der Waals surface area contributed by atoms with Crippen LogP contribution in [0.2, 0.25) is 0 Å². The molecule has 1 fully saturated rings. The number of esters is 1. The minimum Gasteiger partial charge on any atom is -0.469 e. The summed E-state index contributed by atoms with van der Waals surface area (Å²) >= 11 is 0. The van der Waals surface area contributed by atoms with E-state index in [2.05, 4.69) is 5.32 Å². The maximum Gasteiger partial charge on any atom is 0.307 e. The van der Waals surface area contributed by atoms with Gasteiger partial charge in [-0.3, -0.25) is 24.6 Å². The standard InChI is InChI=1S/C16H21N3O5/c1-24-15(20)11-14(18-9-3-2-4-10-18)16(21)17-12-5-7-13(8-6-12)19(22)23/h5-8,14H,2-4,9-11H2,1H3,(H,17,21)/t14-/m1/s1. The van der Waals surface area contributed by atoms with Gasteiger partial charge < -0.3 is 10.1 Å². The van der Waals surface area contributed by atoms with Gasteiger partial charge in [-0.25, -0.2) is 0 Å². The zero-order valence-electron chi connectivity index (χ0n) is 13.6. The Bertz CT molecular complexity index is 596. The van der Waals surface area contributed by atoms with Crippen LogP contribution in [-0.2, 0) is 14.3 Å². The lowest BCUT2D eigenvalue weighted by Crippen LogP contribution is -2.47. The van der Waals surface area contributed by atoms with Crippen molar-refractivity contribution in [3.63, 3.8) is 0 Å². The molecule has 1 amide bonds. The fraction of sp³-hybridized carbons (Fsp3) is 0.500.